The molecule has 2 nitrogen and oxygen atoms in total. The van der Waals surface area contributed by atoms with Gasteiger partial charge in [0.25, 0.3) is 0 Å². The Morgan fingerprint density at radius 2 is 2.00 bits per heavy atom. The Kier molecular flexibility index (Phi) is 8.95. The molecule has 0 saturated heterocycles. The molecule has 74 valence electrons. The van der Waals surface area contributed by atoms with Gasteiger partial charge in [0.15, 0.2) is 0 Å². The van der Waals surface area contributed by atoms with Gasteiger partial charge in [-0.2, -0.15) is 0 Å². The van der Waals surface area contributed by atoms with E-state index in [1.807, 2.05) is 0 Å². The maximum atomic E-state index is 5.63. The minimum Gasteiger partial charge on any atom is -0.330 e. The third-order valence-electron chi connectivity index (χ3n) is 2.17. The molecule has 0 aromatic rings. The highest BCUT2D eigenvalue weighted by molar-refractivity contribution is 4.62. The molecule has 0 spiro atoms. The van der Waals surface area contributed by atoms with Crippen LogP contribution in [-0.4, -0.2) is 19.6 Å². The van der Waals surface area contributed by atoms with Crippen molar-refractivity contribution < 1.29 is 0 Å². The summed E-state index contributed by atoms with van der Waals surface area (Å²) in [4.78, 5) is 0. The third kappa shape index (κ3) is 6.62. The number of hydrogen-bond acceptors (Lipinski definition) is 2. The highest BCUT2D eigenvalue weighted by Gasteiger charge is 2.03. The monoisotopic (exact) mass is 172 g/mol. The quantitative estimate of drug-likeness (QED) is 0.547. The average Bonchev–Trinajstić information content (AvgIpc) is 2.10. The Labute approximate surface area is 76.9 Å². The zero-order valence-electron chi connectivity index (χ0n) is 8.60. The van der Waals surface area contributed by atoms with Gasteiger partial charge < -0.3 is 11.1 Å². The lowest BCUT2D eigenvalue weighted by Crippen LogP contribution is -2.28. The molecule has 0 fully saturated rings. The first-order valence-corrected chi connectivity index (χ1v) is 5.25. The van der Waals surface area contributed by atoms with Crippen LogP contribution in [0.2, 0.25) is 0 Å². The summed E-state index contributed by atoms with van der Waals surface area (Å²) in [6, 6.07) is 0. The van der Waals surface area contributed by atoms with Gasteiger partial charge in [0.05, 0.1) is 0 Å². The zero-order valence-corrected chi connectivity index (χ0v) is 8.60. The molecule has 2 heteroatoms. The molecule has 0 bridgehead atoms. The Hall–Kier alpha value is -0.0800. The summed E-state index contributed by atoms with van der Waals surface area (Å²) in [5.41, 5.74) is 5.63. The molecule has 1 unspecified atom stereocenters. The maximum Gasteiger partial charge on any atom is -0.000846 e. The smallest absolute Gasteiger partial charge is 0.000846 e. The van der Waals surface area contributed by atoms with Crippen molar-refractivity contribution in [3.63, 3.8) is 0 Å². The van der Waals surface area contributed by atoms with Crippen LogP contribution in [0.3, 0.4) is 0 Å². The van der Waals surface area contributed by atoms with Gasteiger partial charge in [-0.1, -0.05) is 26.7 Å². The van der Waals surface area contributed by atoms with Crippen molar-refractivity contribution in [3.05, 3.63) is 0 Å². The Balaban J connectivity index is 3.19. The lowest BCUT2D eigenvalue weighted by molar-refractivity contribution is 0.447. The lowest BCUT2D eigenvalue weighted by Gasteiger charge is -2.13. The SMILES string of the molecule is CCCCNCC(CN)CCC. The molecular weight excluding hydrogens is 148 g/mol. The third-order valence-corrected chi connectivity index (χ3v) is 2.17. The van der Waals surface area contributed by atoms with Gasteiger partial charge in [0, 0.05) is 0 Å². The molecule has 12 heavy (non-hydrogen) atoms. The van der Waals surface area contributed by atoms with Gasteiger partial charge in [-0.05, 0) is 38.4 Å². The summed E-state index contributed by atoms with van der Waals surface area (Å²) >= 11 is 0. The van der Waals surface area contributed by atoms with E-state index >= 15 is 0 Å². The number of nitrogens with one attached hydrogen (secondary N) is 1. The number of nitrogens with two attached hydrogens (primary N) is 1. The lowest BCUT2D eigenvalue weighted by atomic mass is 10.0. The summed E-state index contributed by atoms with van der Waals surface area (Å²) in [6.07, 6.45) is 5.06. The predicted molar refractivity (Wildman–Crippen MR) is 55.2 cm³/mol. The summed E-state index contributed by atoms with van der Waals surface area (Å²) < 4.78 is 0. The highest BCUT2D eigenvalue weighted by atomic mass is 14.9. The number of hydrogen-bond donors (Lipinski definition) is 2. The Morgan fingerprint density at radius 1 is 1.25 bits per heavy atom. The Morgan fingerprint density at radius 3 is 2.50 bits per heavy atom. The maximum absolute atomic E-state index is 5.63. The van der Waals surface area contributed by atoms with Gasteiger partial charge in [-0.15, -0.1) is 0 Å². The molecule has 0 aromatic carbocycles. The molecule has 0 rings (SSSR count). The first-order chi connectivity index (χ1) is 5.85. The van der Waals surface area contributed by atoms with Gasteiger partial charge in [-0.3, -0.25) is 0 Å². The van der Waals surface area contributed by atoms with Crippen LogP contribution >= 0.6 is 0 Å². The van der Waals surface area contributed by atoms with Gasteiger partial charge in [0.1, 0.15) is 0 Å². The normalized spacial score (nSPS) is 13.2. The van der Waals surface area contributed by atoms with Crippen LogP contribution in [0.15, 0.2) is 0 Å². The molecule has 0 heterocycles. The van der Waals surface area contributed by atoms with E-state index in [4.69, 9.17) is 5.73 Å². The van der Waals surface area contributed by atoms with E-state index in [9.17, 15) is 0 Å². The van der Waals surface area contributed by atoms with E-state index < -0.39 is 0 Å². The van der Waals surface area contributed by atoms with E-state index in [-0.39, 0.29) is 0 Å². The van der Waals surface area contributed by atoms with Crippen molar-refractivity contribution in [2.75, 3.05) is 19.6 Å². The molecule has 0 radical (unpaired) electrons. The van der Waals surface area contributed by atoms with Crippen molar-refractivity contribution in [1.82, 2.24) is 5.32 Å². The Bertz CT molecular complexity index is 83.9. The van der Waals surface area contributed by atoms with Crippen molar-refractivity contribution >= 4 is 0 Å². The molecule has 0 aromatic heterocycles. The predicted octanol–water partition coefficient (Wildman–Crippen LogP) is 1.75. The van der Waals surface area contributed by atoms with Crippen LogP contribution in [0.1, 0.15) is 39.5 Å². The fourth-order valence-electron chi connectivity index (χ4n) is 1.32. The van der Waals surface area contributed by atoms with E-state index in [1.165, 1.54) is 25.7 Å². The average molecular weight is 172 g/mol. The van der Waals surface area contributed by atoms with Gasteiger partial charge in [-0.25, -0.2) is 0 Å². The van der Waals surface area contributed by atoms with E-state index in [1.54, 1.807) is 0 Å². The molecule has 0 aliphatic carbocycles. The fourth-order valence-corrected chi connectivity index (χ4v) is 1.32. The fraction of sp³-hybridized carbons (Fsp3) is 1.00. The van der Waals surface area contributed by atoms with E-state index in [0.29, 0.717) is 5.92 Å². The van der Waals surface area contributed by atoms with E-state index in [0.717, 1.165) is 19.6 Å². The van der Waals surface area contributed by atoms with Crippen LogP contribution in [0.4, 0.5) is 0 Å². The summed E-state index contributed by atoms with van der Waals surface area (Å²) in [5, 5.41) is 3.44. The second-order valence-corrected chi connectivity index (χ2v) is 3.45. The standard InChI is InChI=1S/C10H24N2/c1-3-5-7-12-9-10(8-11)6-4-2/h10,12H,3-9,11H2,1-2H3. The van der Waals surface area contributed by atoms with Crippen molar-refractivity contribution in [2.24, 2.45) is 11.7 Å². The van der Waals surface area contributed by atoms with Crippen LogP contribution in [0.5, 0.6) is 0 Å². The van der Waals surface area contributed by atoms with Gasteiger partial charge in [0.2, 0.25) is 0 Å². The molecular formula is C10H24N2. The van der Waals surface area contributed by atoms with E-state index in [2.05, 4.69) is 19.2 Å². The van der Waals surface area contributed by atoms with Gasteiger partial charge >= 0.3 is 0 Å². The zero-order chi connectivity index (χ0) is 9.23. The second kappa shape index (κ2) is 9.01. The molecule has 0 aliphatic heterocycles. The molecule has 0 saturated carbocycles. The van der Waals surface area contributed by atoms with Crippen molar-refractivity contribution in [3.8, 4) is 0 Å². The first-order valence-electron chi connectivity index (χ1n) is 5.25. The highest BCUT2D eigenvalue weighted by Crippen LogP contribution is 2.02. The summed E-state index contributed by atoms with van der Waals surface area (Å²) in [6.45, 7) is 7.51. The van der Waals surface area contributed by atoms with Crippen molar-refractivity contribution in [2.45, 2.75) is 39.5 Å². The minimum atomic E-state index is 0.687. The topological polar surface area (TPSA) is 38.0 Å². The molecule has 1 atom stereocenters. The molecule has 3 N–H and O–H groups in total. The largest absolute Gasteiger partial charge is 0.330 e. The molecule has 0 aliphatic rings. The summed E-state index contributed by atoms with van der Waals surface area (Å²) in [5.74, 6) is 0.687. The van der Waals surface area contributed by atoms with Crippen LogP contribution < -0.4 is 11.1 Å². The number of rotatable bonds is 8. The van der Waals surface area contributed by atoms with Crippen molar-refractivity contribution in [1.29, 1.82) is 0 Å². The van der Waals surface area contributed by atoms with Crippen LogP contribution in [-0.2, 0) is 0 Å². The summed E-state index contributed by atoms with van der Waals surface area (Å²) in [7, 11) is 0. The van der Waals surface area contributed by atoms with Crippen LogP contribution in [0.25, 0.3) is 0 Å². The first kappa shape index (κ1) is 11.9. The molecule has 0 amide bonds. The minimum absolute atomic E-state index is 0.687. The second-order valence-electron chi connectivity index (χ2n) is 3.45. The van der Waals surface area contributed by atoms with Crippen LogP contribution in [0, 0.1) is 5.92 Å². The number of unbranched alkanes of at least 4 members (excludes halogenated alkanes) is 1.